The van der Waals surface area contributed by atoms with E-state index < -0.39 is 6.04 Å². The number of aromatic nitrogens is 1. The van der Waals surface area contributed by atoms with Crippen LogP contribution in [0.5, 0.6) is 0 Å². The number of H-pyrrole nitrogens is 1. The molecule has 2 amide bonds. The lowest BCUT2D eigenvalue weighted by molar-refractivity contribution is -0.123. The van der Waals surface area contributed by atoms with Crippen molar-refractivity contribution in [1.82, 2.24) is 9.88 Å². The van der Waals surface area contributed by atoms with Gasteiger partial charge in [0.2, 0.25) is 5.91 Å². The molecule has 2 atom stereocenters. The van der Waals surface area contributed by atoms with Gasteiger partial charge in [-0.3, -0.25) is 14.5 Å². The van der Waals surface area contributed by atoms with Crippen LogP contribution in [0.25, 0.3) is 10.9 Å². The van der Waals surface area contributed by atoms with E-state index in [1.807, 2.05) is 31.2 Å². The summed E-state index contributed by atoms with van der Waals surface area (Å²) in [5, 5.41) is 2.35. The number of aromatic amines is 1. The minimum atomic E-state index is -0.478. The zero-order valence-electron chi connectivity index (χ0n) is 16.7. The van der Waals surface area contributed by atoms with Gasteiger partial charge in [-0.15, -0.1) is 0 Å². The molecule has 2 aromatic carbocycles. The van der Waals surface area contributed by atoms with Crippen molar-refractivity contribution in [3.05, 3.63) is 63.3 Å². The van der Waals surface area contributed by atoms with Gasteiger partial charge in [0.1, 0.15) is 0 Å². The predicted octanol–water partition coefficient (Wildman–Crippen LogP) is 5.03. The highest BCUT2D eigenvalue weighted by Crippen LogP contribution is 2.39. The van der Waals surface area contributed by atoms with E-state index in [4.69, 9.17) is 23.2 Å². The monoisotopic (exact) mass is 441 g/mol. The summed E-state index contributed by atoms with van der Waals surface area (Å²) in [6, 6.07) is 10.6. The molecule has 2 aliphatic heterocycles. The third kappa shape index (κ3) is 2.96. The molecule has 1 saturated heterocycles. The van der Waals surface area contributed by atoms with E-state index in [0.29, 0.717) is 22.3 Å². The topological polar surface area (TPSA) is 56.4 Å². The second-order valence-electron chi connectivity index (χ2n) is 8.09. The number of carbonyl (C=O) groups excluding carboxylic acids is 2. The van der Waals surface area contributed by atoms with Crippen LogP contribution in [0.2, 0.25) is 10.0 Å². The minimum absolute atomic E-state index is 0.0120. The Balaban J connectivity index is 1.48. The number of imide groups is 1. The molecule has 5 rings (SSSR count). The Hall–Kier alpha value is -2.34. The first-order valence-corrected chi connectivity index (χ1v) is 10.8. The Kier molecular flexibility index (Phi) is 4.65. The Bertz CT molecular complexity index is 1200. The Morgan fingerprint density at radius 1 is 1.07 bits per heavy atom. The Morgan fingerprint density at radius 2 is 1.80 bits per heavy atom. The fourth-order valence-electron chi connectivity index (χ4n) is 4.84. The molecule has 2 aliphatic rings. The summed E-state index contributed by atoms with van der Waals surface area (Å²) < 4.78 is 0. The maximum absolute atomic E-state index is 13.3. The molecule has 1 fully saturated rings. The van der Waals surface area contributed by atoms with Crippen molar-refractivity contribution in [1.29, 1.82) is 0 Å². The number of aryl methyl sites for hydroxylation is 1. The third-order valence-corrected chi connectivity index (χ3v) is 6.84. The van der Waals surface area contributed by atoms with Crippen LogP contribution in [0.4, 0.5) is 5.69 Å². The molecule has 3 heterocycles. The average Bonchev–Trinajstić information content (AvgIpc) is 3.22. The van der Waals surface area contributed by atoms with Gasteiger partial charge >= 0.3 is 0 Å². The highest BCUT2D eigenvalue weighted by atomic mass is 35.5. The number of nitrogens with zero attached hydrogens (tertiary/aromatic N) is 2. The van der Waals surface area contributed by atoms with Crippen LogP contribution in [0.3, 0.4) is 0 Å². The van der Waals surface area contributed by atoms with E-state index in [1.54, 1.807) is 12.1 Å². The van der Waals surface area contributed by atoms with E-state index in [-0.39, 0.29) is 24.3 Å². The van der Waals surface area contributed by atoms with Crippen LogP contribution in [0, 0.1) is 6.92 Å². The summed E-state index contributed by atoms with van der Waals surface area (Å²) in [5.41, 5.74) is 4.81. The highest BCUT2D eigenvalue weighted by molar-refractivity contribution is 6.32. The van der Waals surface area contributed by atoms with Gasteiger partial charge in [-0.2, -0.15) is 0 Å². The average molecular weight is 442 g/mol. The van der Waals surface area contributed by atoms with E-state index in [0.717, 1.165) is 28.6 Å². The van der Waals surface area contributed by atoms with Crippen LogP contribution < -0.4 is 4.90 Å². The van der Waals surface area contributed by atoms with E-state index in [2.05, 4.69) is 16.8 Å². The smallest absolute Gasteiger partial charge is 0.251 e. The van der Waals surface area contributed by atoms with E-state index in [9.17, 15) is 9.59 Å². The summed E-state index contributed by atoms with van der Waals surface area (Å²) in [5.74, 6) is -0.364. The molecule has 0 aliphatic carbocycles. The van der Waals surface area contributed by atoms with Crippen molar-refractivity contribution >= 4 is 51.6 Å². The summed E-state index contributed by atoms with van der Waals surface area (Å²) in [6.45, 7) is 4.67. The third-order valence-electron chi connectivity index (χ3n) is 6.37. The van der Waals surface area contributed by atoms with Crippen LogP contribution in [0.15, 0.2) is 36.4 Å². The van der Waals surface area contributed by atoms with Crippen molar-refractivity contribution < 1.29 is 9.59 Å². The van der Waals surface area contributed by atoms with Gasteiger partial charge in [-0.1, -0.05) is 29.3 Å². The van der Waals surface area contributed by atoms with Crippen LogP contribution in [-0.2, 0) is 16.0 Å². The molecular weight excluding hydrogens is 421 g/mol. The largest absolute Gasteiger partial charge is 0.357 e. The second-order valence-corrected chi connectivity index (χ2v) is 8.96. The van der Waals surface area contributed by atoms with E-state index >= 15 is 0 Å². The number of nitrogens with one attached hydrogen (secondary N) is 1. The first-order valence-electron chi connectivity index (χ1n) is 10.0. The van der Waals surface area contributed by atoms with Crippen LogP contribution >= 0.6 is 23.2 Å². The molecule has 0 bridgehead atoms. The number of hydrogen-bond acceptors (Lipinski definition) is 3. The summed E-state index contributed by atoms with van der Waals surface area (Å²) in [7, 11) is 0. The molecule has 3 aromatic rings. The van der Waals surface area contributed by atoms with Gasteiger partial charge in [0.15, 0.2) is 0 Å². The Morgan fingerprint density at radius 3 is 2.60 bits per heavy atom. The van der Waals surface area contributed by atoms with Gasteiger partial charge in [-0.25, -0.2) is 4.90 Å². The molecule has 154 valence electrons. The van der Waals surface area contributed by atoms with Crippen molar-refractivity contribution in [2.45, 2.75) is 38.8 Å². The van der Waals surface area contributed by atoms with Crippen LogP contribution in [-0.4, -0.2) is 34.3 Å². The molecule has 5 nitrogen and oxygen atoms in total. The van der Waals surface area contributed by atoms with Gasteiger partial charge in [0.25, 0.3) is 5.91 Å². The number of anilines is 1. The van der Waals surface area contributed by atoms with Gasteiger partial charge in [0, 0.05) is 39.2 Å². The summed E-state index contributed by atoms with van der Waals surface area (Å²) >= 11 is 12.3. The van der Waals surface area contributed by atoms with Crippen molar-refractivity contribution in [2.75, 3.05) is 11.4 Å². The lowest BCUT2D eigenvalue weighted by Crippen LogP contribution is -2.46. The first kappa shape index (κ1) is 19.6. The fourth-order valence-corrected chi connectivity index (χ4v) is 5.18. The molecule has 30 heavy (non-hydrogen) atoms. The SMILES string of the molecule is Cc1ccc(Cl)cc1N1C(=O)CC(N2CCc3c([nH]c4ccc(Cl)cc34)C2C)C1=O. The minimum Gasteiger partial charge on any atom is -0.357 e. The van der Waals surface area contributed by atoms with Crippen LogP contribution in [0.1, 0.15) is 36.2 Å². The molecule has 7 heteroatoms. The molecule has 1 aromatic heterocycles. The maximum atomic E-state index is 13.3. The normalized spacial score (nSPS) is 22.2. The molecule has 0 spiro atoms. The number of benzene rings is 2. The molecule has 2 unspecified atom stereocenters. The summed E-state index contributed by atoms with van der Waals surface area (Å²) in [4.78, 5) is 33.1. The van der Waals surface area contributed by atoms with Gasteiger partial charge in [-0.05, 0) is 61.7 Å². The maximum Gasteiger partial charge on any atom is 0.251 e. The number of halogens is 2. The van der Waals surface area contributed by atoms with Crippen molar-refractivity contribution in [3.63, 3.8) is 0 Å². The molecule has 1 N–H and O–H groups in total. The van der Waals surface area contributed by atoms with E-state index in [1.165, 1.54) is 10.5 Å². The second kappa shape index (κ2) is 7.12. The quantitative estimate of drug-likeness (QED) is 0.567. The molecule has 0 saturated carbocycles. The molecule has 0 radical (unpaired) electrons. The number of rotatable bonds is 2. The first-order chi connectivity index (χ1) is 14.3. The zero-order valence-corrected chi connectivity index (χ0v) is 18.2. The van der Waals surface area contributed by atoms with Gasteiger partial charge in [0.05, 0.1) is 18.2 Å². The number of carbonyl (C=O) groups is 2. The lowest BCUT2D eigenvalue weighted by atomic mass is 9.96. The predicted molar refractivity (Wildman–Crippen MR) is 119 cm³/mol. The van der Waals surface area contributed by atoms with Crippen molar-refractivity contribution in [3.8, 4) is 0 Å². The standard InChI is InChI=1S/C23H21Cl2N3O2/c1-12-3-4-15(25)10-19(12)28-21(29)11-20(23(28)30)27-8-7-16-17-9-14(24)5-6-18(17)26-22(16)13(27)2/h3-6,9-10,13,20,26H,7-8,11H2,1-2H3. The molecular formula is C23H21Cl2N3O2. The fraction of sp³-hybridized carbons (Fsp3) is 0.304. The number of hydrogen-bond donors (Lipinski definition) is 1. The number of amides is 2. The van der Waals surface area contributed by atoms with Crippen molar-refractivity contribution in [2.24, 2.45) is 0 Å². The summed E-state index contributed by atoms with van der Waals surface area (Å²) in [6.07, 6.45) is 0.977. The number of fused-ring (bicyclic) bond motifs is 3. The zero-order chi connectivity index (χ0) is 21.2. The Labute approximate surface area is 184 Å². The lowest BCUT2D eigenvalue weighted by Gasteiger charge is -2.36. The highest BCUT2D eigenvalue weighted by Gasteiger charge is 2.46. The van der Waals surface area contributed by atoms with Gasteiger partial charge < -0.3 is 4.98 Å².